The smallest absolute Gasteiger partial charge is 0.349 e. The van der Waals surface area contributed by atoms with Crippen molar-refractivity contribution < 1.29 is 19.1 Å². The maximum atomic E-state index is 12.8. The van der Waals surface area contributed by atoms with Crippen molar-refractivity contribution in [1.29, 1.82) is 0 Å². The molecule has 2 amide bonds. The van der Waals surface area contributed by atoms with Crippen molar-refractivity contribution in [3.05, 3.63) is 45.6 Å². The molecule has 1 aliphatic rings. The third-order valence-electron chi connectivity index (χ3n) is 4.41. The van der Waals surface area contributed by atoms with Gasteiger partial charge in [0.1, 0.15) is 11.4 Å². The van der Waals surface area contributed by atoms with Crippen molar-refractivity contribution in [2.24, 2.45) is 0 Å². The van der Waals surface area contributed by atoms with E-state index in [4.69, 9.17) is 4.74 Å². The summed E-state index contributed by atoms with van der Waals surface area (Å²) in [4.78, 5) is 40.1. The number of carbonyl (C=O) groups is 3. The Hall–Kier alpha value is -2.67. The van der Waals surface area contributed by atoms with Crippen molar-refractivity contribution in [2.45, 2.75) is 39.7 Å². The summed E-state index contributed by atoms with van der Waals surface area (Å²) in [5.41, 5.74) is 2.30. The van der Waals surface area contributed by atoms with E-state index < -0.39 is 18.0 Å². The number of nitrogens with zero attached hydrogens (tertiary/aromatic N) is 1. The van der Waals surface area contributed by atoms with Crippen molar-refractivity contribution in [3.8, 4) is 0 Å². The maximum absolute atomic E-state index is 12.8. The lowest BCUT2D eigenvalue weighted by Gasteiger charge is -2.30. The van der Waals surface area contributed by atoms with E-state index in [0.717, 1.165) is 23.3 Å². The van der Waals surface area contributed by atoms with Crippen LogP contribution in [0.3, 0.4) is 0 Å². The molecule has 0 saturated carbocycles. The van der Waals surface area contributed by atoms with Crippen molar-refractivity contribution in [2.75, 3.05) is 16.8 Å². The lowest BCUT2D eigenvalue weighted by molar-refractivity contribution is -0.128. The first-order chi connectivity index (χ1) is 12.9. The Labute approximate surface area is 162 Å². The Morgan fingerprint density at radius 1 is 1.33 bits per heavy atom. The fraction of sp³-hybridized carbons (Fsp3) is 0.350. The molecule has 0 aliphatic carbocycles. The number of aryl methyl sites for hydroxylation is 2. The highest BCUT2D eigenvalue weighted by molar-refractivity contribution is 7.14. The van der Waals surface area contributed by atoms with Gasteiger partial charge in [-0.3, -0.25) is 14.5 Å². The van der Waals surface area contributed by atoms with E-state index in [9.17, 15) is 14.4 Å². The number of ether oxygens (including phenoxy) is 1. The average molecular weight is 386 g/mol. The molecular formula is C20H22N2O4S. The number of thiophene rings is 1. The number of carbonyl (C=O) groups excluding carboxylic acids is 3. The van der Waals surface area contributed by atoms with Crippen molar-refractivity contribution in [3.63, 3.8) is 0 Å². The van der Waals surface area contributed by atoms with Gasteiger partial charge in [-0.2, -0.15) is 0 Å². The largest absolute Gasteiger partial charge is 0.448 e. The van der Waals surface area contributed by atoms with E-state index in [1.807, 2.05) is 13.0 Å². The van der Waals surface area contributed by atoms with Gasteiger partial charge in [-0.25, -0.2) is 4.79 Å². The zero-order chi connectivity index (χ0) is 19.6. The summed E-state index contributed by atoms with van der Waals surface area (Å²) in [6, 6.07) is 8.89. The molecule has 2 heterocycles. The monoisotopic (exact) mass is 386 g/mol. The Morgan fingerprint density at radius 2 is 2.07 bits per heavy atom. The van der Waals surface area contributed by atoms with Crippen LogP contribution in [0.4, 0.5) is 11.4 Å². The Kier molecular flexibility index (Phi) is 5.60. The number of amides is 2. The highest BCUT2D eigenvalue weighted by Crippen LogP contribution is 2.30. The molecule has 0 radical (unpaired) electrons. The van der Waals surface area contributed by atoms with Gasteiger partial charge in [-0.1, -0.05) is 25.5 Å². The van der Waals surface area contributed by atoms with Crippen LogP contribution in [0.5, 0.6) is 0 Å². The van der Waals surface area contributed by atoms with Gasteiger partial charge in [0.15, 0.2) is 6.10 Å². The van der Waals surface area contributed by atoms with Crippen LogP contribution >= 0.6 is 11.3 Å². The number of hydrogen-bond acceptors (Lipinski definition) is 5. The van der Waals surface area contributed by atoms with E-state index in [2.05, 4.69) is 12.2 Å². The normalized spacial score (nSPS) is 14.3. The Morgan fingerprint density at radius 3 is 2.81 bits per heavy atom. The van der Waals surface area contributed by atoms with Crippen molar-refractivity contribution >= 4 is 40.5 Å². The highest BCUT2D eigenvalue weighted by atomic mass is 32.1. The number of para-hydroxylation sites is 2. The molecule has 0 saturated heterocycles. The molecule has 1 aromatic carbocycles. The first kappa shape index (κ1) is 19.1. The minimum Gasteiger partial charge on any atom is -0.448 e. The molecule has 1 aliphatic heterocycles. The standard InChI is InChI=1S/C20H22N2O4S/c1-4-7-14-10-17(27-13(14)3)20(25)26-12(2)19(24)22-11-18(23)21-15-8-5-6-9-16(15)22/h5-6,8-10,12H,4,7,11H2,1-3H3,(H,21,23)/t12-/m0/s1. The molecule has 1 atom stereocenters. The van der Waals surface area contributed by atoms with Crippen LogP contribution in [0.2, 0.25) is 0 Å². The van der Waals surface area contributed by atoms with Crippen LogP contribution in [0.1, 0.15) is 40.4 Å². The second-order valence-electron chi connectivity index (χ2n) is 6.48. The summed E-state index contributed by atoms with van der Waals surface area (Å²) in [5, 5.41) is 2.73. The second-order valence-corrected chi connectivity index (χ2v) is 7.74. The molecule has 0 unspecified atom stereocenters. The number of esters is 1. The lowest BCUT2D eigenvalue weighted by atomic mass is 10.1. The molecule has 2 aromatic rings. The summed E-state index contributed by atoms with van der Waals surface area (Å²) in [5.74, 6) is -1.22. The van der Waals surface area contributed by atoms with Gasteiger partial charge >= 0.3 is 5.97 Å². The molecule has 1 aromatic heterocycles. The summed E-state index contributed by atoms with van der Waals surface area (Å²) in [6.45, 7) is 5.49. The molecule has 1 N–H and O–H groups in total. The SMILES string of the molecule is CCCc1cc(C(=O)O[C@@H](C)C(=O)N2CC(=O)Nc3ccccc32)sc1C. The molecule has 0 bridgehead atoms. The van der Waals surface area contributed by atoms with Gasteiger partial charge in [0.2, 0.25) is 5.91 Å². The summed E-state index contributed by atoms with van der Waals surface area (Å²) in [6.07, 6.45) is 0.912. The topological polar surface area (TPSA) is 75.7 Å². The third kappa shape index (κ3) is 4.03. The summed E-state index contributed by atoms with van der Waals surface area (Å²) < 4.78 is 5.40. The van der Waals surface area contributed by atoms with Crippen LogP contribution in [-0.2, 0) is 20.7 Å². The van der Waals surface area contributed by atoms with Gasteiger partial charge in [0.05, 0.1) is 11.4 Å². The number of fused-ring (bicyclic) bond motifs is 1. The number of nitrogens with one attached hydrogen (secondary N) is 1. The number of anilines is 2. The molecule has 27 heavy (non-hydrogen) atoms. The molecule has 3 rings (SSSR count). The van der Waals surface area contributed by atoms with Gasteiger partial charge in [0.25, 0.3) is 5.91 Å². The molecule has 0 spiro atoms. The second kappa shape index (κ2) is 7.92. The lowest BCUT2D eigenvalue weighted by Crippen LogP contribution is -2.47. The van der Waals surface area contributed by atoms with E-state index in [1.165, 1.54) is 23.2 Å². The first-order valence-corrected chi connectivity index (χ1v) is 9.73. The summed E-state index contributed by atoms with van der Waals surface area (Å²) >= 11 is 1.38. The maximum Gasteiger partial charge on any atom is 0.349 e. The van der Waals surface area contributed by atoms with E-state index in [-0.39, 0.29) is 12.5 Å². The number of benzene rings is 1. The minimum absolute atomic E-state index is 0.101. The number of hydrogen-bond donors (Lipinski definition) is 1. The van der Waals surface area contributed by atoms with Gasteiger partial charge in [-0.15, -0.1) is 11.3 Å². The van der Waals surface area contributed by atoms with E-state index >= 15 is 0 Å². The van der Waals surface area contributed by atoms with Gasteiger partial charge in [-0.05, 0) is 44.0 Å². The Bertz CT molecular complexity index is 890. The molecule has 6 nitrogen and oxygen atoms in total. The highest BCUT2D eigenvalue weighted by Gasteiger charge is 2.31. The predicted molar refractivity (Wildman–Crippen MR) is 105 cm³/mol. The average Bonchev–Trinajstić information content (AvgIpc) is 3.01. The van der Waals surface area contributed by atoms with E-state index in [1.54, 1.807) is 24.3 Å². The molecule has 7 heteroatoms. The quantitative estimate of drug-likeness (QED) is 0.798. The first-order valence-electron chi connectivity index (χ1n) is 8.91. The van der Waals surface area contributed by atoms with Crippen LogP contribution in [0, 0.1) is 6.92 Å². The molecular weight excluding hydrogens is 364 g/mol. The zero-order valence-corrected chi connectivity index (χ0v) is 16.4. The minimum atomic E-state index is -0.992. The Balaban J connectivity index is 1.73. The van der Waals surface area contributed by atoms with E-state index in [0.29, 0.717) is 16.3 Å². The predicted octanol–water partition coefficient (Wildman–Crippen LogP) is 3.54. The van der Waals surface area contributed by atoms with Crippen LogP contribution < -0.4 is 10.2 Å². The van der Waals surface area contributed by atoms with Gasteiger partial charge < -0.3 is 10.1 Å². The molecule has 142 valence electrons. The fourth-order valence-corrected chi connectivity index (χ4v) is 4.01. The van der Waals surface area contributed by atoms with Gasteiger partial charge in [0, 0.05) is 4.88 Å². The van der Waals surface area contributed by atoms with Crippen LogP contribution in [-0.4, -0.2) is 30.4 Å². The summed E-state index contributed by atoms with van der Waals surface area (Å²) in [7, 11) is 0. The fourth-order valence-electron chi connectivity index (χ4n) is 3.06. The van der Waals surface area contributed by atoms with Crippen LogP contribution in [0.15, 0.2) is 30.3 Å². The molecule has 0 fully saturated rings. The van der Waals surface area contributed by atoms with Crippen molar-refractivity contribution in [1.82, 2.24) is 0 Å². The van der Waals surface area contributed by atoms with Crippen LogP contribution in [0.25, 0.3) is 0 Å². The zero-order valence-electron chi connectivity index (χ0n) is 15.6. The number of rotatable bonds is 5. The third-order valence-corrected chi connectivity index (χ3v) is 5.48.